The highest BCUT2D eigenvalue weighted by Gasteiger charge is 2.30. The van der Waals surface area contributed by atoms with Gasteiger partial charge in [0.05, 0.1) is 0 Å². The van der Waals surface area contributed by atoms with Crippen molar-refractivity contribution in [3.8, 4) is 5.75 Å². The van der Waals surface area contributed by atoms with E-state index in [4.69, 9.17) is 0 Å². The first-order valence-electron chi connectivity index (χ1n) is 6.35. The number of benzene rings is 1. The molecule has 4 heteroatoms. The number of carboxylic acid groups (broad SMARTS) is 1. The van der Waals surface area contributed by atoms with Gasteiger partial charge in [0, 0.05) is 4.90 Å². The third-order valence-corrected chi connectivity index (χ3v) is 4.81. The Bertz CT molecular complexity index is 396. The summed E-state index contributed by atoms with van der Waals surface area (Å²) in [7, 11) is 0. The Morgan fingerprint density at radius 1 is 1.17 bits per heavy atom. The Hall–Kier alpha value is -1.16. The Balaban J connectivity index is 2.05. The highest BCUT2D eigenvalue weighted by molar-refractivity contribution is 8.00. The zero-order chi connectivity index (χ0) is 13.0. The number of phenolic OH excluding ortho intramolecular Hbond substituents is 1. The summed E-state index contributed by atoms with van der Waals surface area (Å²) in [6.07, 6.45) is 5.55. The number of aliphatic carboxylic acids is 1. The average molecular weight is 266 g/mol. The highest BCUT2D eigenvalue weighted by Crippen LogP contribution is 2.36. The molecule has 18 heavy (non-hydrogen) atoms. The fourth-order valence-electron chi connectivity index (χ4n) is 2.46. The van der Waals surface area contributed by atoms with Crippen LogP contribution in [-0.4, -0.2) is 21.4 Å². The Labute approximate surface area is 111 Å². The maximum Gasteiger partial charge on any atom is 0.317 e. The minimum Gasteiger partial charge on any atom is -0.508 e. The van der Waals surface area contributed by atoms with Crippen molar-refractivity contribution in [2.24, 2.45) is 5.92 Å². The molecule has 3 nitrogen and oxygen atoms in total. The van der Waals surface area contributed by atoms with Gasteiger partial charge in [0.1, 0.15) is 11.0 Å². The van der Waals surface area contributed by atoms with Crippen LogP contribution in [0.25, 0.3) is 0 Å². The fourth-order valence-corrected chi connectivity index (χ4v) is 3.61. The van der Waals surface area contributed by atoms with Gasteiger partial charge < -0.3 is 10.2 Å². The van der Waals surface area contributed by atoms with Gasteiger partial charge in [-0.15, -0.1) is 11.8 Å². The first kappa shape index (κ1) is 13.3. The zero-order valence-corrected chi connectivity index (χ0v) is 11.0. The molecule has 1 aromatic carbocycles. The fraction of sp³-hybridized carbons (Fsp3) is 0.500. The lowest BCUT2D eigenvalue weighted by Gasteiger charge is -2.27. The molecule has 1 aliphatic carbocycles. The number of carbonyl (C=O) groups is 1. The van der Waals surface area contributed by atoms with Crippen molar-refractivity contribution in [2.75, 3.05) is 0 Å². The van der Waals surface area contributed by atoms with Crippen LogP contribution in [0.2, 0.25) is 0 Å². The smallest absolute Gasteiger partial charge is 0.317 e. The van der Waals surface area contributed by atoms with Gasteiger partial charge in [-0.3, -0.25) is 4.79 Å². The van der Waals surface area contributed by atoms with Crippen molar-refractivity contribution in [1.29, 1.82) is 0 Å². The van der Waals surface area contributed by atoms with E-state index in [1.54, 1.807) is 24.3 Å². The average Bonchev–Trinajstić information content (AvgIpc) is 2.38. The van der Waals surface area contributed by atoms with Crippen molar-refractivity contribution in [1.82, 2.24) is 0 Å². The molecule has 0 aromatic heterocycles. The van der Waals surface area contributed by atoms with Crippen LogP contribution in [0.5, 0.6) is 5.75 Å². The molecule has 2 rings (SSSR count). The van der Waals surface area contributed by atoms with E-state index in [0.717, 1.165) is 30.6 Å². The molecule has 0 unspecified atom stereocenters. The summed E-state index contributed by atoms with van der Waals surface area (Å²) in [5, 5.41) is 18.2. The van der Waals surface area contributed by atoms with E-state index in [2.05, 4.69) is 0 Å². The van der Waals surface area contributed by atoms with Gasteiger partial charge >= 0.3 is 5.97 Å². The summed E-state index contributed by atoms with van der Waals surface area (Å²) >= 11 is 1.40. The quantitative estimate of drug-likeness (QED) is 0.819. The molecule has 0 heterocycles. The number of thioether (sulfide) groups is 1. The minimum absolute atomic E-state index is 0.212. The van der Waals surface area contributed by atoms with Crippen LogP contribution in [0, 0.1) is 5.92 Å². The van der Waals surface area contributed by atoms with Crippen LogP contribution in [0.4, 0.5) is 0 Å². The van der Waals surface area contributed by atoms with Crippen molar-refractivity contribution >= 4 is 17.7 Å². The van der Waals surface area contributed by atoms with Gasteiger partial charge in [-0.25, -0.2) is 0 Å². The minimum atomic E-state index is -0.722. The third-order valence-electron chi connectivity index (χ3n) is 3.42. The molecule has 0 radical (unpaired) electrons. The zero-order valence-electron chi connectivity index (χ0n) is 10.2. The Morgan fingerprint density at radius 2 is 1.78 bits per heavy atom. The van der Waals surface area contributed by atoms with Gasteiger partial charge in [-0.1, -0.05) is 19.3 Å². The molecule has 0 spiro atoms. The molecular formula is C14H18O3S. The number of carboxylic acids is 1. The SMILES string of the molecule is O=C(O)[C@H](Sc1ccc(O)cc1)C1CCCCC1. The molecule has 1 aliphatic rings. The topological polar surface area (TPSA) is 57.5 Å². The van der Waals surface area contributed by atoms with E-state index >= 15 is 0 Å². The molecule has 1 fully saturated rings. The lowest BCUT2D eigenvalue weighted by molar-refractivity contribution is -0.137. The standard InChI is InChI=1S/C14H18O3S/c15-11-6-8-12(9-7-11)18-13(14(16)17)10-4-2-1-3-5-10/h6-10,13,15H,1-5H2,(H,16,17)/t13-/m1/s1. The first-order valence-corrected chi connectivity index (χ1v) is 7.23. The van der Waals surface area contributed by atoms with Crippen LogP contribution in [0.15, 0.2) is 29.2 Å². The molecule has 0 saturated heterocycles. The molecule has 2 N–H and O–H groups in total. The second kappa shape index (κ2) is 6.14. The number of hydrogen-bond acceptors (Lipinski definition) is 3. The second-order valence-corrected chi connectivity index (χ2v) is 5.98. The number of phenols is 1. The molecule has 0 aliphatic heterocycles. The van der Waals surface area contributed by atoms with E-state index < -0.39 is 5.97 Å². The molecule has 1 aromatic rings. The van der Waals surface area contributed by atoms with E-state index in [1.165, 1.54) is 18.2 Å². The summed E-state index contributed by atoms with van der Waals surface area (Å²) in [5.41, 5.74) is 0. The van der Waals surface area contributed by atoms with E-state index in [0.29, 0.717) is 0 Å². The number of hydrogen-bond donors (Lipinski definition) is 2. The second-order valence-electron chi connectivity index (χ2n) is 4.77. The summed E-state index contributed by atoms with van der Waals surface area (Å²) in [6.45, 7) is 0. The molecule has 98 valence electrons. The van der Waals surface area contributed by atoms with Crippen molar-refractivity contribution in [2.45, 2.75) is 42.2 Å². The predicted octanol–water partition coefficient (Wildman–Crippen LogP) is 3.52. The maximum absolute atomic E-state index is 11.4. The van der Waals surface area contributed by atoms with Crippen LogP contribution < -0.4 is 0 Å². The monoisotopic (exact) mass is 266 g/mol. The van der Waals surface area contributed by atoms with E-state index in [-0.39, 0.29) is 16.9 Å². The Morgan fingerprint density at radius 3 is 2.33 bits per heavy atom. The molecule has 1 saturated carbocycles. The number of aromatic hydroxyl groups is 1. The molecule has 0 bridgehead atoms. The lowest BCUT2D eigenvalue weighted by Crippen LogP contribution is -2.28. The summed E-state index contributed by atoms with van der Waals surface area (Å²) in [5.74, 6) is -0.237. The molecular weight excluding hydrogens is 248 g/mol. The summed E-state index contributed by atoms with van der Waals surface area (Å²) < 4.78 is 0. The number of rotatable bonds is 4. The highest BCUT2D eigenvalue weighted by atomic mass is 32.2. The summed E-state index contributed by atoms with van der Waals surface area (Å²) in [6, 6.07) is 6.75. The van der Waals surface area contributed by atoms with Crippen molar-refractivity contribution < 1.29 is 15.0 Å². The Kier molecular flexibility index (Phi) is 4.53. The lowest BCUT2D eigenvalue weighted by atomic mass is 9.87. The van der Waals surface area contributed by atoms with Gasteiger partial charge in [0.2, 0.25) is 0 Å². The largest absolute Gasteiger partial charge is 0.508 e. The van der Waals surface area contributed by atoms with Crippen LogP contribution >= 0.6 is 11.8 Å². The first-order chi connectivity index (χ1) is 8.66. The van der Waals surface area contributed by atoms with Gasteiger partial charge in [-0.05, 0) is 43.0 Å². The van der Waals surface area contributed by atoms with Gasteiger partial charge in [0.25, 0.3) is 0 Å². The maximum atomic E-state index is 11.4. The van der Waals surface area contributed by atoms with Crippen LogP contribution in [0.3, 0.4) is 0 Å². The van der Waals surface area contributed by atoms with E-state index in [1.807, 2.05) is 0 Å². The van der Waals surface area contributed by atoms with E-state index in [9.17, 15) is 15.0 Å². The van der Waals surface area contributed by atoms with Gasteiger partial charge in [0.15, 0.2) is 0 Å². The van der Waals surface area contributed by atoms with Crippen molar-refractivity contribution in [3.63, 3.8) is 0 Å². The van der Waals surface area contributed by atoms with Crippen LogP contribution in [0.1, 0.15) is 32.1 Å². The molecule has 1 atom stereocenters. The summed E-state index contributed by atoms with van der Waals surface area (Å²) in [4.78, 5) is 12.3. The van der Waals surface area contributed by atoms with Crippen molar-refractivity contribution in [3.05, 3.63) is 24.3 Å². The third kappa shape index (κ3) is 3.42. The normalized spacial score (nSPS) is 18.4. The molecule has 0 amide bonds. The van der Waals surface area contributed by atoms with Gasteiger partial charge in [-0.2, -0.15) is 0 Å². The predicted molar refractivity (Wildman–Crippen MR) is 72.0 cm³/mol. The van der Waals surface area contributed by atoms with Crippen LogP contribution in [-0.2, 0) is 4.79 Å².